The van der Waals surface area contributed by atoms with E-state index in [9.17, 15) is 18.0 Å². The van der Waals surface area contributed by atoms with Gasteiger partial charge in [0.2, 0.25) is 0 Å². The van der Waals surface area contributed by atoms with E-state index in [-0.39, 0.29) is 5.78 Å². The molecular weight excluding hydrogens is 441 g/mol. The molecular formula is C27H25F3N2O2. The number of hydrogen-bond acceptors (Lipinski definition) is 4. The van der Waals surface area contributed by atoms with Crippen molar-refractivity contribution in [3.05, 3.63) is 94.8 Å². The second-order valence-corrected chi connectivity index (χ2v) is 9.07. The number of carbonyl (C=O) groups is 1. The lowest BCUT2D eigenvalue weighted by molar-refractivity contribution is 0.0842. The summed E-state index contributed by atoms with van der Waals surface area (Å²) in [5, 5.41) is 3.53. The predicted molar refractivity (Wildman–Crippen MR) is 124 cm³/mol. The summed E-state index contributed by atoms with van der Waals surface area (Å²) in [6.07, 6.45) is 1.27. The van der Waals surface area contributed by atoms with Gasteiger partial charge in [0, 0.05) is 30.9 Å². The zero-order valence-corrected chi connectivity index (χ0v) is 18.8. The summed E-state index contributed by atoms with van der Waals surface area (Å²) in [6.45, 7) is 1.78. The van der Waals surface area contributed by atoms with Gasteiger partial charge in [-0.25, -0.2) is 13.2 Å². The van der Waals surface area contributed by atoms with Gasteiger partial charge in [0.05, 0.1) is 18.6 Å². The van der Waals surface area contributed by atoms with Crippen molar-refractivity contribution in [1.82, 2.24) is 4.90 Å². The Morgan fingerprint density at radius 1 is 0.971 bits per heavy atom. The van der Waals surface area contributed by atoms with Gasteiger partial charge in [0.15, 0.2) is 17.4 Å². The molecule has 1 N–H and O–H groups in total. The molecule has 0 aromatic heterocycles. The van der Waals surface area contributed by atoms with Crippen LogP contribution in [0.5, 0.6) is 5.75 Å². The number of rotatable bonds is 4. The van der Waals surface area contributed by atoms with Gasteiger partial charge >= 0.3 is 0 Å². The normalized spacial score (nSPS) is 19.5. The van der Waals surface area contributed by atoms with Crippen molar-refractivity contribution in [2.45, 2.75) is 30.8 Å². The van der Waals surface area contributed by atoms with Crippen LogP contribution in [0.2, 0.25) is 0 Å². The fraction of sp³-hybridized carbons (Fsp3) is 0.296. The van der Waals surface area contributed by atoms with E-state index in [1.165, 1.54) is 18.2 Å². The van der Waals surface area contributed by atoms with Gasteiger partial charge in [-0.3, -0.25) is 9.69 Å². The van der Waals surface area contributed by atoms with Gasteiger partial charge in [-0.05, 0) is 66.4 Å². The third kappa shape index (κ3) is 4.05. The Morgan fingerprint density at radius 2 is 1.71 bits per heavy atom. The molecule has 0 radical (unpaired) electrons. The number of nitrogens with zero attached hydrogens (tertiary/aromatic N) is 1. The van der Waals surface area contributed by atoms with E-state index in [0.717, 1.165) is 11.6 Å². The molecule has 3 aromatic carbocycles. The number of nitrogens with one attached hydrogen (secondary N) is 1. The molecule has 5 rings (SSSR count). The number of benzene rings is 3. The maximum absolute atomic E-state index is 14.0. The predicted octanol–water partition coefficient (Wildman–Crippen LogP) is 5.54. The topological polar surface area (TPSA) is 41.6 Å². The van der Waals surface area contributed by atoms with E-state index in [4.69, 9.17) is 4.74 Å². The Morgan fingerprint density at radius 3 is 2.38 bits per heavy atom. The number of methoxy groups -OCH3 is 1. The first-order chi connectivity index (χ1) is 16.4. The van der Waals surface area contributed by atoms with E-state index in [0.29, 0.717) is 55.0 Å². The quantitative estimate of drug-likeness (QED) is 0.548. The summed E-state index contributed by atoms with van der Waals surface area (Å²) in [4.78, 5) is 15.9. The lowest BCUT2D eigenvalue weighted by Crippen LogP contribution is -2.56. The molecule has 3 aromatic rings. The van der Waals surface area contributed by atoms with Crippen LogP contribution in [0.15, 0.2) is 60.7 Å². The Hall–Kier alpha value is -3.32. The molecule has 0 bridgehead atoms. The summed E-state index contributed by atoms with van der Waals surface area (Å²) < 4.78 is 46.2. The summed E-state index contributed by atoms with van der Waals surface area (Å²) in [6, 6.07) is 15.7. The number of ketones is 1. The molecule has 2 aliphatic rings. The van der Waals surface area contributed by atoms with Gasteiger partial charge < -0.3 is 10.1 Å². The van der Waals surface area contributed by atoms with Crippen molar-refractivity contribution in [3.63, 3.8) is 0 Å². The van der Waals surface area contributed by atoms with Crippen LogP contribution in [0.4, 0.5) is 18.9 Å². The first-order valence-corrected chi connectivity index (χ1v) is 11.3. The fourth-order valence-corrected chi connectivity index (χ4v) is 5.27. The summed E-state index contributed by atoms with van der Waals surface area (Å²) >= 11 is 0. The van der Waals surface area contributed by atoms with Gasteiger partial charge in [-0.1, -0.05) is 18.2 Å². The standard InChI is InChI=1S/C27H25F3N2O2/c1-34-20-6-3-18(4-7-20)25-26(33)21-8-5-19(28)15-24(21)31-27(25)10-12-32(13-11-27)16-17-2-9-22(29)23(30)14-17/h2-9,14-15,25,31H,10-13,16H2,1H3. The lowest BCUT2D eigenvalue weighted by Gasteiger charge is -2.50. The number of hydrogen-bond donors (Lipinski definition) is 1. The molecule has 1 saturated heterocycles. The number of carbonyl (C=O) groups excluding carboxylic acids is 1. The molecule has 0 saturated carbocycles. The monoisotopic (exact) mass is 466 g/mol. The minimum Gasteiger partial charge on any atom is -0.497 e. The first-order valence-electron chi connectivity index (χ1n) is 11.3. The van der Waals surface area contributed by atoms with Crippen LogP contribution in [-0.4, -0.2) is 36.4 Å². The molecule has 1 fully saturated rings. The van der Waals surface area contributed by atoms with Gasteiger partial charge in [-0.15, -0.1) is 0 Å². The van der Waals surface area contributed by atoms with E-state index in [1.807, 2.05) is 24.3 Å². The van der Waals surface area contributed by atoms with Gasteiger partial charge in [-0.2, -0.15) is 0 Å². The molecule has 7 heteroatoms. The van der Waals surface area contributed by atoms with Crippen molar-refractivity contribution in [2.75, 3.05) is 25.5 Å². The molecule has 2 heterocycles. The number of ether oxygens (including phenoxy) is 1. The van der Waals surface area contributed by atoms with E-state index in [1.54, 1.807) is 19.2 Å². The maximum atomic E-state index is 14.0. The minimum absolute atomic E-state index is 0.0343. The van der Waals surface area contributed by atoms with Crippen molar-refractivity contribution < 1.29 is 22.7 Å². The highest BCUT2D eigenvalue weighted by atomic mass is 19.2. The Labute approximate surface area is 196 Å². The van der Waals surface area contributed by atoms with Crippen LogP contribution in [0.1, 0.15) is 40.2 Å². The zero-order chi connectivity index (χ0) is 23.9. The summed E-state index contributed by atoms with van der Waals surface area (Å²) in [5.74, 6) is -1.89. The highest BCUT2D eigenvalue weighted by Crippen LogP contribution is 2.46. The fourth-order valence-electron chi connectivity index (χ4n) is 5.27. The average molecular weight is 467 g/mol. The van der Waals surface area contributed by atoms with E-state index < -0.39 is 28.9 Å². The second-order valence-electron chi connectivity index (χ2n) is 9.07. The van der Waals surface area contributed by atoms with Crippen LogP contribution in [0.25, 0.3) is 0 Å². The number of anilines is 1. The van der Waals surface area contributed by atoms with E-state index in [2.05, 4.69) is 10.2 Å². The minimum atomic E-state index is -0.862. The molecule has 4 nitrogen and oxygen atoms in total. The highest BCUT2D eigenvalue weighted by molar-refractivity contribution is 6.08. The SMILES string of the molecule is COc1ccc(C2C(=O)c3ccc(F)cc3NC23CCN(Cc2ccc(F)c(F)c2)CC3)cc1. The third-order valence-electron chi connectivity index (χ3n) is 7.03. The third-order valence-corrected chi connectivity index (χ3v) is 7.03. The highest BCUT2D eigenvalue weighted by Gasteiger charge is 2.49. The van der Waals surface area contributed by atoms with Crippen LogP contribution < -0.4 is 10.1 Å². The van der Waals surface area contributed by atoms with Crippen molar-refractivity contribution in [3.8, 4) is 5.75 Å². The number of fused-ring (bicyclic) bond motifs is 1. The van der Waals surface area contributed by atoms with Crippen molar-refractivity contribution in [2.24, 2.45) is 0 Å². The Kier molecular flexibility index (Phi) is 5.81. The zero-order valence-electron chi connectivity index (χ0n) is 18.8. The smallest absolute Gasteiger partial charge is 0.174 e. The van der Waals surface area contributed by atoms with E-state index >= 15 is 0 Å². The average Bonchev–Trinajstić information content (AvgIpc) is 2.83. The molecule has 0 amide bonds. The maximum Gasteiger partial charge on any atom is 0.174 e. The largest absolute Gasteiger partial charge is 0.497 e. The number of piperidine rings is 1. The number of halogens is 3. The second kappa shape index (κ2) is 8.80. The summed E-state index contributed by atoms with van der Waals surface area (Å²) in [7, 11) is 1.59. The summed E-state index contributed by atoms with van der Waals surface area (Å²) in [5.41, 5.74) is 1.99. The molecule has 176 valence electrons. The molecule has 2 aliphatic heterocycles. The first kappa shape index (κ1) is 22.5. The van der Waals surface area contributed by atoms with Crippen LogP contribution in [0, 0.1) is 17.5 Å². The van der Waals surface area contributed by atoms with Crippen LogP contribution in [-0.2, 0) is 6.54 Å². The molecule has 0 aliphatic carbocycles. The Bertz CT molecular complexity index is 1220. The van der Waals surface area contributed by atoms with Crippen LogP contribution in [0.3, 0.4) is 0 Å². The molecule has 34 heavy (non-hydrogen) atoms. The van der Waals surface area contributed by atoms with Crippen LogP contribution >= 0.6 is 0 Å². The van der Waals surface area contributed by atoms with Gasteiger partial charge in [0.25, 0.3) is 0 Å². The Balaban J connectivity index is 1.44. The lowest BCUT2D eigenvalue weighted by atomic mass is 9.67. The number of likely N-dealkylation sites (tertiary alicyclic amines) is 1. The van der Waals surface area contributed by atoms with Gasteiger partial charge in [0.1, 0.15) is 11.6 Å². The molecule has 1 atom stereocenters. The molecule has 1 unspecified atom stereocenters. The van der Waals surface area contributed by atoms with Crippen molar-refractivity contribution >= 4 is 11.5 Å². The van der Waals surface area contributed by atoms with Crippen molar-refractivity contribution in [1.29, 1.82) is 0 Å². The molecule has 1 spiro atoms. The number of Topliss-reactive ketones (excluding diaryl/α,β-unsaturated/α-hetero) is 1.